The number of carboxylic acid groups (broad SMARTS) is 1. The number of carboxylic acids is 1. The molecule has 0 bridgehead atoms. The number of rotatable bonds is 6. The van der Waals surface area contributed by atoms with Gasteiger partial charge in [0.15, 0.2) is 0 Å². The molecule has 0 aliphatic rings. The zero-order valence-electron chi connectivity index (χ0n) is 13.0. The van der Waals surface area contributed by atoms with Crippen LogP contribution in [0.15, 0.2) is 24.4 Å². The molecule has 0 radical (unpaired) electrons. The van der Waals surface area contributed by atoms with Gasteiger partial charge in [-0.05, 0) is 30.2 Å². The number of methoxy groups -OCH3 is 1. The SMILES string of the molecule is COc1ccc2c(c1)c(CCNC(C)=O)cn2CC(=O)[O-].[Na+]. The minimum Gasteiger partial charge on any atom is -0.548 e. The Kier molecular flexibility index (Phi) is 6.93. The van der Waals surface area contributed by atoms with E-state index in [1.807, 2.05) is 12.1 Å². The number of nitrogens with one attached hydrogen (secondary N) is 1. The zero-order valence-corrected chi connectivity index (χ0v) is 15.0. The van der Waals surface area contributed by atoms with E-state index in [1.54, 1.807) is 23.9 Å². The van der Waals surface area contributed by atoms with Crippen LogP contribution in [-0.2, 0) is 22.6 Å². The molecule has 0 atom stereocenters. The van der Waals surface area contributed by atoms with E-state index < -0.39 is 5.97 Å². The van der Waals surface area contributed by atoms with E-state index in [-0.39, 0.29) is 42.0 Å². The fourth-order valence-electron chi connectivity index (χ4n) is 2.32. The van der Waals surface area contributed by atoms with E-state index in [9.17, 15) is 14.7 Å². The predicted molar refractivity (Wildman–Crippen MR) is 75.9 cm³/mol. The molecular formula is C15H17N2NaO4. The molecule has 0 saturated heterocycles. The van der Waals surface area contributed by atoms with Crippen LogP contribution < -0.4 is 44.7 Å². The van der Waals surface area contributed by atoms with Gasteiger partial charge in [-0.1, -0.05) is 0 Å². The van der Waals surface area contributed by atoms with Crippen LogP contribution in [0.25, 0.3) is 10.9 Å². The van der Waals surface area contributed by atoms with Gasteiger partial charge >= 0.3 is 29.6 Å². The van der Waals surface area contributed by atoms with Gasteiger partial charge in [-0.3, -0.25) is 4.79 Å². The van der Waals surface area contributed by atoms with Gasteiger partial charge in [-0.15, -0.1) is 0 Å². The molecular weight excluding hydrogens is 295 g/mol. The summed E-state index contributed by atoms with van der Waals surface area (Å²) in [5.41, 5.74) is 1.76. The van der Waals surface area contributed by atoms with Crippen molar-refractivity contribution in [2.24, 2.45) is 0 Å². The number of hydrogen-bond donors (Lipinski definition) is 1. The minimum absolute atomic E-state index is 0. The number of amides is 1. The molecule has 22 heavy (non-hydrogen) atoms. The van der Waals surface area contributed by atoms with Crippen LogP contribution in [0, 0.1) is 0 Å². The van der Waals surface area contributed by atoms with Gasteiger partial charge in [-0.2, -0.15) is 0 Å². The standard InChI is InChI=1S/C15H18N2O4.Na/c1-10(18)16-6-5-11-8-17(9-15(19)20)14-4-3-12(21-2)7-13(11)14;/h3-4,7-8H,5-6,9H2,1-2H3,(H,16,18)(H,19,20);/q;+1/p-1. The van der Waals surface area contributed by atoms with E-state index in [2.05, 4.69) is 5.32 Å². The molecule has 1 aromatic carbocycles. The molecule has 6 nitrogen and oxygen atoms in total. The van der Waals surface area contributed by atoms with Gasteiger partial charge in [-0.25, -0.2) is 0 Å². The van der Waals surface area contributed by atoms with Gasteiger partial charge in [0.25, 0.3) is 0 Å². The summed E-state index contributed by atoms with van der Waals surface area (Å²) in [6.07, 6.45) is 2.39. The van der Waals surface area contributed by atoms with Crippen molar-refractivity contribution >= 4 is 22.8 Å². The van der Waals surface area contributed by atoms with Crippen molar-refractivity contribution in [3.05, 3.63) is 30.0 Å². The molecule has 0 fully saturated rings. The molecule has 1 heterocycles. The number of nitrogens with zero attached hydrogens (tertiary/aromatic N) is 1. The predicted octanol–water partition coefficient (Wildman–Crippen LogP) is -2.92. The van der Waals surface area contributed by atoms with Crippen LogP contribution in [0.3, 0.4) is 0 Å². The Labute approximate surface area is 150 Å². The minimum atomic E-state index is -1.14. The molecule has 0 aliphatic carbocycles. The molecule has 0 aliphatic heterocycles. The Morgan fingerprint density at radius 1 is 1.36 bits per heavy atom. The summed E-state index contributed by atoms with van der Waals surface area (Å²) in [5.74, 6) is -0.531. The number of hydrogen-bond acceptors (Lipinski definition) is 4. The second-order valence-electron chi connectivity index (χ2n) is 4.77. The van der Waals surface area contributed by atoms with Gasteiger partial charge in [0.2, 0.25) is 5.91 Å². The smallest absolute Gasteiger partial charge is 0.548 e. The monoisotopic (exact) mass is 312 g/mol. The maximum atomic E-state index is 10.9. The first-order valence-electron chi connectivity index (χ1n) is 6.61. The second kappa shape index (κ2) is 8.22. The average molecular weight is 312 g/mol. The van der Waals surface area contributed by atoms with Crippen LogP contribution in [0.1, 0.15) is 12.5 Å². The van der Waals surface area contributed by atoms with Crippen molar-refractivity contribution in [3.8, 4) is 5.75 Å². The zero-order chi connectivity index (χ0) is 15.4. The van der Waals surface area contributed by atoms with Crippen LogP contribution in [0.2, 0.25) is 0 Å². The third-order valence-corrected chi connectivity index (χ3v) is 3.24. The van der Waals surface area contributed by atoms with Gasteiger partial charge in [0, 0.05) is 30.6 Å². The largest absolute Gasteiger partial charge is 1.00 e. The quantitative estimate of drug-likeness (QED) is 0.580. The van der Waals surface area contributed by atoms with Crippen LogP contribution in [0.5, 0.6) is 5.75 Å². The maximum absolute atomic E-state index is 10.9. The van der Waals surface area contributed by atoms with Crippen molar-refractivity contribution in [3.63, 3.8) is 0 Å². The number of benzene rings is 1. The normalized spacial score (nSPS) is 10.1. The topological polar surface area (TPSA) is 83.4 Å². The summed E-state index contributed by atoms with van der Waals surface area (Å²) in [4.78, 5) is 21.8. The number of fused-ring (bicyclic) bond motifs is 1. The number of carbonyl (C=O) groups is 2. The summed E-state index contributed by atoms with van der Waals surface area (Å²) in [6.45, 7) is 1.75. The molecule has 0 saturated carbocycles. The summed E-state index contributed by atoms with van der Waals surface area (Å²) in [7, 11) is 1.58. The molecule has 0 unspecified atom stereocenters. The van der Waals surface area contributed by atoms with Crippen molar-refractivity contribution < 1.29 is 49.0 Å². The molecule has 7 heteroatoms. The summed E-state index contributed by atoms with van der Waals surface area (Å²) >= 11 is 0. The molecule has 1 N–H and O–H groups in total. The molecule has 2 rings (SSSR count). The number of carbonyl (C=O) groups excluding carboxylic acids is 2. The average Bonchev–Trinajstić information content (AvgIpc) is 2.75. The second-order valence-corrected chi connectivity index (χ2v) is 4.77. The third-order valence-electron chi connectivity index (χ3n) is 3.24. The Morgan fingerprint density at radius 3 is 2.68 bits per heavy atom. The fraction of sp³-hybridized carbons (Fsp3) is 0.333. The first-order chi connectivity index (χ1) is 10.0. The Morgan fingerprint density at radius 2 is 2.09 bits per heavy atom. The van der Waals surface area contributed by atoms with Gasteiger partial charge < -0.3 is 24.5 Å². The van der Waals surface area contributed by atoms with Gasteiger partial charge in [0.1, 0.15) is 5.75 Å². The van der Waals surface area contributed by atoms with E-state index in [4.69, 9.17) is 4.74 Å². The van der Waals surface area contributed by atoms with Crippen LogP contribution >= 0.6 is 0 Å². The Bertz CT molecular complexity index is 681. The van der Waals surface area contributed by atoms with Crippen molar-refractivity contribution in [2.45, 2.75) is 19.9 Å². The first-order valence-corrected chi connectivity index (χ1v) is 6.61. The number of aliphatic carboxylic acids is 1. The fourth-order valence-corrected chi connectivity index (χ4v) is 2.32. The van der Waals surface area contributed by atoms with Crippen molar-refractivity contribution in [1.82, 2.24) is 9.88 Å². The van der Waals surface area contributed by atoms with Crippen LogP contribution in [0.4, 0.5) is 0 Å². The molecule has 1 amide bonds. The van der Waals surface area contributed by atoms with Crippen molar-refractivity contribution in [1.29, 1.82) is 0 Å². The molecule has 0 spiro atoms. The van der Waals surface area contributed by atoms with Gasteiger partial charge in [0.05, 0.1) is 19.6 Å². The Balaban J connectivity index is 0.00000242. The summed E-state index contributed by atoms with van der Waals surface area (Å²) < 4.78 is 6.83. The molecule has 1 aromatic heterocycles. The third kappa shape index (κ3) is 4.50. The van der Waals surface area contributed by atoms with E-state index in [0.717, 1.165) is 16.5 Å². The van der Waals surface area contributed by atoms with Crippen molar-refractivity contribution in [2.75, 3.05) is 13.7 Å². The first kappa shape index (κ1) is 18.5. The summed E-state index contributed by atoms with van der Waals surface area (Å²) in [6, 6.07) is 5.47. The number of ether oxygens (including phenoxy) is 1. The Hall–Kier alpha value is -1.50. The van der Waals surface area contributed by atoms with Crippen LogP contribution in [-0.4, -0.2) is 30.1 Å². The molecule has 112 valence electrons. The maximum Gasteiger partial charge on any atom is 1.00 e. The van der Waals surface area contributed by atoms with E-state index in [1.165, 1.54) is 6.92 Å². The number of aromatic nitrogens is 1. The molecule has 2 aromatic rings. The van der Waals surface area contributed by atoms with E-state index >= 15 is 0 Å². The van der Waals surface area contributed by atoms with E-state index in [0.29, 0.717) is 18.7 Å². The summed E-state index contributed by atoms with van der Waals surface area (Å²) in [5, 5.41) is 14.5.